The predicted molar refractivity (Wildman–Crippen MR) is 185 cm³/mol. The highest BCUT2D eigenvalue weighted by Gasteiger charge is 2.32. The Balaban J connectivity index is 0.983. The minimum atomic E-state index is -0.139. The number of amides is 2. The van der Waals surface area contributed by atoms with Crippen molar-refractivity contribution in [1.82, 2.24) is 14.8 Å². The predicted octanol–water partition coefficient (Wildman–Crippen LogP) is 7.04. The van der Waals surface area contributed by atoms with Gasteiger partial charge in [-0.2, -0.15) is 0 Å². The zero-order valence-corrected chi connectivity index (χ0v) is 27.9. The number of thiazole rings is 1. The second-order valence-corrected chi connectivity index (χ2v) is 14.4. The smallest absolute Gasteiger partial charge is 0.266 e. The highest BCUT2D eigenvalue weighted by Crippen LogP contribution is 2.36. The number of methoxy groups -OCH3 is 1. The van der Waals surface area contributed by atoms with Crippen LogP contribution in [0.4, 0.5) is 5.13 Å². The van der Waals surface area contributed by atoms with Crippen molar-refractivity contribution >= 4 is 62.7 Å². The van der Waals surface area contributed by atoms with Gasteiger partial charge in [0.2, 0.25) is 5.91 Å². The second-order valence-electron chi connectivity index (χ2n) is 11.6. The summed E-state index contributed by atoms with van der Waals surface area (Å²) < 4.78 is 12.3. The van der Waals surface area contributed by atoms with Crippen molar-refractivity contribution in [3.63, 3.8) is 0 Å². The topological polar surface area (TPSA) is 84.0 Å². The Morgan fingerprint density at radius 1 is 1.13 bits per heavy atom. The van der Waals surface area contributed by atoms with E-state index in [-0.39, 0.29) is 24.3 Å². The van der Waals surface area contributed by atoms with Crippen LogP contribution in [0, 0.1) is 0 Å². The van der Waals surface area contributed by atoms with Crippen molar-refractivity contribution in [1.29, 1.82) is 0 Å². The molecule has 3 aliphatic rings. The molecule has 8 nitrogen and oxygen atoms in total. The van der Waals surface area contributed by atoms with Gasteiger partial charge < -0.3 is 14.8 Å². The molecular formula is C34H38N4O4S3. The van der Waals surface area contributed by atoms with Gasteiger partial charge in [0.05, 0.1) is 23.8 Å². The molecule has 2 amide bonds. The molecule has 0 atom stereocenters. The molecule has 6 rings (SSSR count). The van der Waals surface area contributed by atoms with Crippen LogP contribution in [0.5, 0.6) is 11.5 Å². The van der Waals surface area contributed by atoms with Crippen LogP contribution >= 0.6 is 35.3 Å². The summed E-state index contributed by atoms with van der Waals surface area (Å²) in [6, 6.07) is 16.2. The van der Waals surface area contributed by atoms with Crippen LogP contribution in [-0.4, -0.2) is 57.2 Å². The van der Waals surface area contributed by atoms with Gasteiger partial charge in [0.25, 0.3) is 5.91 Å². The molecule has 3 aromatic rings. The van der Waals surface area contributed by atoms with Crippen LogP contribution in [0.15, 0.2) is 53.4 Å². The first-order valence-corrected chi connectivity index (χ1v) is 17.6. The molecule has 1 saturated heterocycles. The fourth-order valence-corrected chi connectivity index (χ4v) is 8.31. The number of anilines is 1. The fraction of sp³-hybridized carbons (Fsp3) is 0.412. The summed E-state index contributed by atoms with van der Waals surface area (Å²) >= 11 is 8.36. The summed E-state index contributed by atoms with van der Waals surface area (Å²) in [5.41, 5.74) is 3.22. The third-order valence-electron chi connectivity index (χ3n) is 8.30. The summed E-state index contributed by atoms with van der Waals surface area (Å²) in [6.07, 6.45) is 9.51. The number of benzene rings is 2. The number of ether oxygens (including phenoxy) is 2. The minimum Gasteiger partial charge on any atom is -0.493 e. The molecular weight excluding hydrogens is 625 g/mol. The molecule has 236 valence electrons. The monoisotopic (exact) mass is 662 g/mol. The van der Waals surface area contributed by atoms with E-state index in [9.17, 15) is 9.59 Å². The van der Waals surface area contributed by atoms with Gasteiger partial charge in [-0.25, -0.2) is 4.98 Å². The Morgan fingerprint density at radius 3 is 2.76 bits per heavy atom. The van der Waals surface area contributed by atoms with Gasteiger partial charge in [-0.15, -0.1) is 11.3 Å². The molecule has 0 radical (unpaired) electrons. The Kier molecular flexibility index (Phi) is 10.5. The van der Waals surface area contributed by atoms with E-state index >= 15 is 0 Å². The van der Waals surface area contributed by atoms with Gasteiger partial charge in [-0.05, 0) is 61.4 Å². The van der Waals surface area contributed by atoms with E-state index < -0.39 is 0 Å². The largest absolute Gasteiger partial charge is 0.493 e. The average Bonchev–Trinajstić information content (AvgIpc) is 3.57. The summed E-state index contributed by atoms with van der Waals surface area (Å²) in [5.74, 6) is 1.14. The third kappa shape index (κ3) is 8.13. The minimum absolute atomic E-state index is 0.106. The number of nitrogens with zero attached hydrogens (tertiary/aromatic N) is 3. The lowest BCUT2D eigenvalue weighted by Crippen LogP contribution is -2.29. The second kappa shape index (κ2) is 14.9. The number of hydrogen-bond acceptors (Lipinski definition) is 9. The molecule has 11 heteroatoms. The Morgan fingerprint density at radius 2 is 1.96 bits per heavy atom. The maximum atomic E-state index is 13.2. The van der Waals surface area contributed by atoms with Crippen LogP contribution in [0.2, 0.25) is 0 Å². The molecule has 0 unspecified atom stereocenters. The molecule has 45 heavy (non-hydrogen) atoms. The Hall–Kier alpha value is -3.25. The first-order valence-electron chi connectivity index (χ1n) is 15.6. The van der Waals surface area contributed by atoms with Crippen molar-refractivity contribution in [3.8, 4) is 11.5 Å². The maximum absolute atomic E-state index is 13.2. The highest BCUT2D eigenvalue weighted by molar-refractivity contribution is 8.26. The van der Waals surface area contributed by atoms with Gasteiger partial charge in [-0.3, -0.25) is 19.4 Å². The van der Waals surface area contributed by atoms with Gasteiger partial charge >= 0.3 is 0 Å². The molecule has 2 fully saturated rings. The lowest BCUT2D eigenvalue weighted by molar-refractivity contribution is -0.122. The van der Waals surface area contributed by atoms with E-state index in [1.807, 2.05) is 30.3 Å². The van der Waals surface area contributed by atoms with Crippen LogP contribution in [0.3, 0.4) is 0 Å². The molecule has 1 aromatic heterocycles. The van der Waals surface area contributed by atoms with Crippen LogP contribution < -0.4 is 14.8 Å². The van der Waals surface area contributed by atoms with Gasteiger partial charge in [0.15, 0.2) is 16.6 Å². The van der Waals surface area contributed by atoms with Crippen molar-refractivity contribution < 1.29 is 19.1 Å². The summed E-state index contributed by atoms with van der Waals surface area (Å²) in [5, 5.41) is 3.61. The van der Waals surface area contributed by atoms with Crippen molar-refractivity contribution in [3.05, 3.63) is 75.1 Å². The zero-order valence-electron chi connectivity index (χ0n) is 25.5. The standard InChI is InChI=1S/C34H38N4O4S3/c1-41-28-19-24(14-15-27(28)42-25-11-6-3-7-12-25)20-29-32(40)38(34(43)45-29)17-8-13-31(39)36-33-35-26-16-18-37(22-30(26)44-33)21-23-9-4-2-5-10-23/h2,4-5,9-10,14-15,19-20,25H,3,6-8,11-13,16-18,21-22H2,1H3,(H,35,36,39)/b29-20-. The number of thioether (sulfide) groups is 1. The Bertz CT molecular complexity index is 1570. The summed E-state index contributed by atoms with van der Waals surface area (Å²) in [7, 11) is 1.63. The number of carbonyl (C=O) groups is 2. The third-order valence-corrected chi connectivity index (χ3v) is 10.7. The van der Waals surface area contributed by atoms with Crippen molar-refractivity contribution in [2.45, 2.75) is 70.6 Å². The van der Waals surface area contributed by atoms with Gasteiger partial charge in [0.1, 0.15) is 4.32 Å². The maximum Gasteiger partial charge on any atom is 0.266 e. The number of hydrogen-bond donors (Lipinski definition) is 1. The molecule has 0 spiro atoms. The number of carbonyl (C=O) groups excluding carboxylic acids is 2. The quantitative estimate of drug-likeness (QED) is 0.173. The highest BCUT2D eigenvalue weighted by atomic mass is 32.2. The van der Waals surface area contributed by atoms with E-state index in [0.29, 0.717) is 33.1 Å². The van der Waals surface area contributed by atoms with E-state index in [4.69, 9.17) is 21.7 Å². The van der Waals surface area contributed by atoms with Gasteiger partial charge in [-0.1, -0.05) is 66.8 Å². The molecule has 1 aliphatic carbocycles. The number of rotatable bonds is 11. The van der Waals surface area contributed by atoms with Crippen molar-refractivity contribution in [2.75, 3.05) is 25.5 Å². The molecule has 3 heterocycles. The normalized spacial score (nSPS) is 18.3. The molecule has 2 aliphatic heterocycles. The van der Waals surface area contributed by atoms with E-state index in [1.165, 1.54) is 41.5 Å². The Labute approximate surface area is 278 Å². The molecule has 0 bridgehead atoms. The number of fused-ring (bicyclic) bond motifs is 1. The van der Waals surface area contributed by atoms with Crippen LogP contribution in [0.1, 0.15) is 66.6 Å². The number of nitrogens with one attached hydrogen (secondary N) is 1. The zero-order chi connectivity index (χ0) is 31.2. The first kappa shape index (κ1) is 31.7. The SMILES string of the molecule is COc1cc(/C=C2\SC(=S)N(CCCC(=O)Nc3nc4c(s3)CN(Cc3ccccc3)CC4)C2=O)ccc1OC1CCCCC1. The van der Waals surface area contributed by atoms with E-state index in [2.05, 4.69) is 39.5 Å². The molecule has 1 N–H and O–H groups in total. The fourth-order valence-electron chi connectivity index (χ4n) is 5.94. The molecule has 1 saturated carbocycles. The first-order chi connectivity index (χ1) is 21.9. The van der Waals surface area contributed by atoms with Crippen LogP contribution in [-0.2, 0) is 29.1 Å². The van der Waals surface area contributed by atoms with E-state index in [0.717, 1.165) is 55.9 Å². The lowest BCUT2D eigenvalue weighted by Gasteiger charge is -2.25. The number of thiocarbonyl (C=S) groups is 1. The summed E-state index contributed by atoms with van der Waals surface area (Å²) in [4.78, 5) is 36.4. The lowest BCUT2D eigenvalue weighted by atomic mass is 9.98. The van der Waals surface area contributed by atoms with Crippen molar-refractivity contribution in [2.24, 2.45) is 0 Å². The average molecular weight is 663 g/mol. The van der Waals surface area contributed by atoms with E-state index in [1.54, 1.807) is 23.3 Å². The summed E-state index contributed by atoms with van der Waals surface area (Å²) in [6.45, 7) is 3.08. The molecule has 2 aromatic carbocycles. The van der Waals surface area contributed by atoms with Crippen LogP contribution in [0.25, 0.3) is 6.08 Å². The number of aromatic nitrogens is 1. The van der Waals surface area contributed by atoms with Gasteiger partial charge in [0, 0.05) is 43.9 Å².